The van der Waals surface area contributed by atoms with Crippen LogP contribution in [0.4, 0.5) is 5.69 Å². The highest BCUT2D eigenvalue weighted by atomic mass is 32.1. The maximum Gasteiger partial charge on any atom is 0.295 e. The Kier molecular flexibility index (Phi) is 8.39. The Hall–Kier alpha value is -2.67. The van der Waals surface area contributed by atoms with Crippen LogP contribution in [0.15, 0.2) is 51.9 Å². The number of rotatable bonds is 8. The van der Waals surface area contributed by atoms with Gasteiger partial charge in [0.1, 0.15) is 5.69 Å². The maximum absolute atomic E-state index is 12.9. The molecule has 0 saturated carbocycles. The predicted molar refractivity (Wildman–Crippen MR) is 126 cm³/mol. The fourth-order valence-corrected chi connectivity index (χ4v) is 3.12. The van der Waals surface area contributed by atoms with Gasteiger partial charge >= 0.3 is 0 Å². The topological polar surface area (TPSA) is 63.4 Å². The molecule has 0 aliphatic heterocycles. The minimum atomic E-state index is -0.155. The lowest BCUT2D eigenvalue weighted by molar-refractivity contribution is 0.562. The minimum Gasteiger partial charge on any atom is -0.325 e. The summed E-state index contributed by atoms with van der Waals surface area (Å²) in [5.74, 6) is 0.548. The third-order valence-electron chi connectivity index (χ3n) is 4.77. The molecule has 0 spiro atoms. The second-order valence-corrected chi connectivity index (χ2v) is 7.92. The van der Waals surface area contributed by atoms with E-state index in [1.807, 2.05) is 50.5 Å². The van der Waals surface area contributed by atoms with Gasteiger partial charge in [0.25, 0.3) is 5.56 Å². The van der Waals surface area contributed by atoms with Crippen LogP contribution in [-0.2, 0) is 7.05 Å². The van der Waals surface area contributed by atoms with Crippen molar-refractivity contribution < 1.29 is 0 Å². The van der Waals surface area contributed by atoms with E-state index in [0.29, 0.717) is 16.7 Å². The Bertz CT molecular complexity index is 936. The molecule has 0 aliphatic rings. The lowest BCUT2D eigenvalue weighted by atomic mass is 10.0. The Morgan fingerprint density at radius 2 is 1.97 bits per heavy atom. The second kappa shape index (κ2) is 10.8. The van der Waals surface area contributed by atoms with Crippen molar-refractivity contribution in [1.29, 1.82) is 0 Å². The summed E-state index contributed by atoms with van der Waals surface area (Å²) in [6.07, 6.45) is 7.18. The molecule has 0 saturated heterocycles. The summed E-state index contributed by atoms with van der Waals surface area (Å²) >= 11 is 5.30. The molecule has 1 atom stereocenters. The summed E-state index contributed by atoms with van der Waals surface area (Å²) in [6.45, 7) is 8.32. The molecular formula is C22H31N5OS. The number of anilines is 1. The fourth-order valence-electron chi connectivity index (χ4n) is 2.97. The average Bonchev–Trinajstić information content (AvgIpc) is 2.89. The summed E-state index contributed by atoms with van der Waals surface area (Å²) < 4.78 is 3.41. The SMILES string of the molecule is CC(C)=CCC[C@H](C)C/C=N\NC(=S)Nc1c(C)n(C)n(-c2ccccc2)c1=O. The van der Waals surface area contributed by atoms with Gasteiger partial charge in [-0.3, -0.25) is 14.9 Å². The van der Waals surface area contributed by atoms with E-state index in [2.05, 4.69) is 42.7 Å². The van der Waals surface area contributed by atoms with E-state index in [4.69, 9.17) is 12.2 Å². The second-order valence-electron chi connectivity index (χ2n) is 7.51. The highest BCUT2D eigenvalue weighted by Gasteiger charge is 2.16. The number of hydrogen-bond donors (Lipinski definition) is 2. The van der Waals surface area contributed by atoms with Gasteiger partial charge < -0.3 is 5.32 Å². The zero-order valence-electron chi connectivity index (χ0n) is 17.9. The smallest absolute Gasteiger partial charge is 0.295 e. The van der Waals surface area contributed by atoms with Gasteiger partial charge in [0, 0.05) is 13.3 Å². The number of nitrogens with zero attached hydrogens (tertiary/aromatic N) is 3. The molecule has 2 N–H and O–H groups in total. The van der Waals surface area contributed by atoms with E-state index in [9.17, 15) is 4.79 Å². The molecule has 2 aromatic rings. The van der Waals surface area contributed by atoms with Crippen LogP contribution in [0.25, 0.3) is 5.69 Å². The molecule has 0 bridgehead atoms. The highest BCUT2D eigenvalue weighted by Crippen LogP contribution is 2.14. The monoisotopic (exact) mass is 413 g/mol. The summed E-state index contributed by atoms with van der Waals surface area (Å²) in [6, 6.07) is 9.51. The van der Waals surface area contributed by atoms with Crippen LogP contribution in [-0.4, -0.2) is 20.7 Å². The molecule has 2 rings (SSSR count). The average molecular weight is 414 g/mol. The number of hydrazone groups is 1. The molecule has 1 aromatic heterocycles. The van der Waals surface area contributed by atoms with Gasteiger partial charge in [0.05, 0.1) is 11.4 Å². The van der Waals surface area contributed by atoms with Gasteiger partial charge in [-0.25, -0.2) is 4.68 Å². The Balaban J connectivity index is 1.94. The Morgan fingerprint density at radius 1 is 1.28 bits per heavy atom. The zero-order valence-corrected chi connectivity index (χ0v) is 18.7. The van der Waals surface area contributed by atoms with Crippen LogP contribution in [0.1, 0.15) is 45.7 Å². The van der Waals surface area contributed by atoms with Crippen molar-refractivity contribution >= 4 is 29.2 Å². The van der Waals surface area contributed by atoms with Crippen molar-refractivity contribution in [2.45, 2.75) is 47.0 Å². The molecule has 156 valence electrons. The van der Waals surface area contributed by atoms with Crippen LogP contribution in [0.2, 0.25) is 0 Å². The lowest BCUT2D eigenvalue weighted by Crippen LogP contribution is -2.28. The van der Waals surface area contributed by atoms with Gasteiger partial charge in [0.15, 0.2) is 5.11 Å². The first-order valence-corrected chi connectivity index (χ1v) is 10.3. The molecule has 1 heterocycles. The largest absolute Gasteiger partial charge is 0.325 e. The quantitative estimate of drug-likeness (QED) is 0.289. The molecule has 29 heavy (non-hydrogen) atoms. The highest BCUT2D eigenvalue weighted by molar-refractivity contribution is 7.80. The van der Waals surface area contributed by atoms with Crippen molar-refractivity contribution in [3.05, 3.63) is 58.0 Å². The third-order valence-corrected chi connectivity index (χ3v) is 4.96. The molecule has 0 amide bonds. The number of allylic oxidation sites excluding steroid dienone is 2. The summed E-state index contributed by atoms with van der Waals surface area (Å²) in [5, 5.41) is 7.47. The first kappa shape index (κ1) is 22.6. The number of aromatic nitrogens is 2. The third kappa shape index (κ3) is 6.42. The normalized spacial score (nSPS) is 12.0. The first-order chi connectivity index (χ1) is 13.8. The van der Waals surface area contributed by atoms with Gasteiger partial charge in [-0.05, 0) is 70.3 Å². The molecule has 0 radical (unpaired) electrons. The number of thiocarbonyl (C=S) groups is 1. The first-order valence-electron chi connectivity index (χ1n) is 9.87. The van der Waals surface area contributed by atoms with E-state index in [1.165, 1.54) is 5.57 Å². The van der Waals surface area contributed by atoms with E-state index in [0.717, 1.165) is 30.6 Å². The summed E-state index contributed by atoms with van der Waals surface area (Å²) in [4.78, 5) is 12.9. The predicted octanol–water partition coefficient (Wildman–Crippen LogP) is 4.53. The summed E-state index contributed by atoms with van der Waals surface area (Å²) in [5.41, 5.74) is 6.04. The van der Waals surface area contributed by atoms with Crippen molar-refractivity contribution in [1.82, 2.24) is 14.8 Å². The van der Waals surface area contributed by atoms with Gasteiger partial charge in [-0.2, -0.15) is 5.10 Å². The molecule has 6 nitrogen and oxygen atoms in total. The Morgan fingerprint density at radius 3 is 2.62 bits per heavy atom. The zero-order chi connectivity index (χ0) is 21.4. The van der Waals surface area contributed by atoms with Gasteiger partial charge in [0.2, 0.25) is 0 Å². The van der Waals surface area contributed by atoms with Crippen LogP contribution >= 0.6 is 12.2 Å². The van der Waals surface area contributed by atoms with Gasteiger partial charge in [-0.15, -0.1) is 0 Å². The van der Waals surface area contributed by atoms with Crippen molar-refractivity contribution in [3.8, 4) is 5.69 Å². The van der Waals surface area contributed by atoms with Crippen molar-refractivity contribution in [2.24, 2.45) is 18.1 Å². The number of nitrogens with one attached hydrogen (secondary N) is 2. The lowest BCUT2D eigenvalue weighted by Gasteiger charge is -2.08. The van der Waals surface area contributed by atoms with E-state index in [-0.39, 0.29) is 5.56 Å². The fraction of sp³-hybridized carbons (Fsp3) is 0.409. The van der Waals surface area contributed by atoms with Crippen LogP contribution in [0.3, 0.4) is 0 Å². The number of hydrogen-bond acceptors (Lipinski definition) is 3. The number of para-hydroxylation sites is 1. The van der Waals surface area contributed by atoms with E-state index < -0.39 is 0 Å². The van der Waals surface area contributed by atoms with Crippen LogP contribution in [0, 0.1) is 12.8 Å². The number of benzene rings is 1. The Labute approximate surface area is 178 Å². The molecular weight excluding hydrogens is 382 g/mol. The van der Waals surface area contributed by atoms with Crippen LogP contribution in [0.5, 0.6) is 0 Å². The molecule has 1 aromatic carbocycles. The van der Waals surface area contributed by atoms with Crippen molar-refractivity contribution in [2.75, 3.05) is 5.32 Å². The minimum absolute atomic E-state index is 0.155. The van der Waals surface area contributed by atoms with E-state index >= 15 is 0 Å². The van der Waals surface area contributed by atoms with E-state index in [1.54, 1.807) is 9.36 Å². The molecule has 0 fully saturated rings. The molecule has 0 aliphatic carbocycles. The van der Waals surface area contributed by atoms with Crippen LogP contribution < -0.4 is 16.3 Å². The maximum atomic E-state index is 12.9. The molecule has 7 heteroatoms. The summed E-state index contributed by atoms with van der Waals surface area (Å²) in [7, 11) is 1.85. The molecule has 0 unspecified atom stereocenters. The van der Waals surface area contributed by atoms with Crippen molar-refractivity contribution in [3.63, 3.8) is 0 Å². The standard InChI is InChI=1S/C22H31N5OS/c1-16(2)10-9-11-17(3)14-15-23-25-22(29)24-20-18(4)26(5)27(21(20)28)19-12-7-6-8-13-19/h6-8,10,12-13,15,17H,9,11,14H2,1-5H3,(H2,24,25,29)/b23-15-/t17-/m0/s1. The van der Waals surface area contributed by atoms with Gasteiger partial charge in [-0.1, -0.05) is 36.8 Å².